The maximum Gasteiger partial charge on any atom is 1.00 e. The third-order valence-electron chi connectivity index (χ3n) is 1.61. The van der Waals surface area contributed by atoms with Crippen molar-refractivity contribution in [2.24, 2.45) is 5.92 Å². The van der Waals surface area contributed by atoms with Crippen molar-refractivity contribution in [3.05, 3.63) is 0 Å². The predicted molar refractivity (Wildman–Crippen MR) is 45.0 cm³/mol. The molecule has 0 aromatic carbocycles. The summed E-state index contributed by atoms with van der Waals surface area (Å²) in [6, 6.07) is 0. The Labute approximate surface area is 98.0 Å². The fraction of sp³-hybridized carbons (Fsp3) is 0.889. The van der Waals surface area contributed by atoms with E-state index in [1.165, 1.54) is 0 Å². The van der Waals surface area contributed by atoms with Crippen molar-refractivity contribution in [3.63, 3.8) is 0 Å². The molecule has 2 nitrogen and oxygen atoms in total. The summed E-state index contributed by atoms with van der Waals surface area (Å²) in [5.74, 6) is -1.10. The van der Waals surface area contributed by atoms with E-state index in [0.29, 0.717) is 0 Å². The Bertz CT molecular complexity index is 98.7. The van der Waals surface area contributed by atoms with Gasteiger partial charge in [0, 0.05) is 5.97 Å². The monoisotopic (exact) mass is 182 g/mol. The van der Waals surface area contributed by atoms with Crippen molar-refractivity contribution in [2.45, 2.75) is 47.0 Å². The van der Waals surface area contributed by atoms with Crippen molar-refractivity contribution in [3.8, 4) is 0 Å². The van der Waals surface area contributed by atoms with E-state index in [4.69, 9.17) is 0 Å². The van der Waals surface area contributed by atoms with Crippen LogP contribution in [0, 0.1) is 5.92 Å². The Morgan fingerprint density at radius 2 is 1.58 bits per heavy atom. The summed E-state index contributed by atoms with van der Waals surface area (Å²) >= 11 is 0. The minimum Gasteiger partial charge on any atom is -0.550 e. The van der Waals surface area contributed by atoms with Crippen LogP contribution in [-0.2, 0) is 4.79 Å². The molecule has 0 N–H and O–H groups in total. The summed E-state index contributed by atoms with van der Waals surface area (Å²) in [4.78, 5) is 10.4. The van der Waals surface area contributed by atoms with E-state index < -0.39 is 5.97 Å². The fourth-order valence-corrected chi connectivity index (χ4v) is 1.08. The van der Waals surface area contributed by atoms with Gasteiger partial charge in [0.2, 0.25) is 0 Å². The molecule has 0 aliphatic carbocycles. The van der Waals surface area contributed by atoms with Gasteiger partial charge in [-0.15, -0.1) is 0 Å². The number of rotatable bonds is 5. The normalized spacial score (nSPS) is 8.58. The second-order valence-electron chi connectivity index (χ2n) is 2.59. The molecule has 0 aliphatic rings. The van der Waals surface area contributed by atoms with Crippen molar-refractivity contribution in [1.29, 1.82) is 0 Å². The number of carbonyl (C=O) groups excluding carboxylic acids is 1. The molecule has 0 fully saturated rings. The third kappa shape index (κ3) is 8.57. The summed E-state index contributed by atoms with van der Waals surface area (Å²) < 4.78 is 0. The van der Waals surface area contributed by atoms with E-state index in [1.807, 2.05) is 13.8 Å². The van der Waals surface area contributed by atoms with Crippen LogP contribution in [0.15, 0.2) is 0 Å². The van der Waals surface area contributed by atoms with Gasteiger partial charge >= 0.3 is 29.6 Å². The maximum atomic E-state index is 10.4. The van der Waals surface area contributed by atoms with Gasteiger partial charge in [-0.05, 0) is 18.8 Å². The van der Waals surface area contributed by atoms with Crippen LogP contribution in [0.1, 0.15) is 47.0 Å². The Kier molecular flexibility index (Phi) is 17.5. The van der Waals surface area contributed by atoms with Gasteiger partial charge in [0.25, 0.3) is 0 Å². The summed E-state index contributed by atoms with van der Waals surface area (Å²) in [7, 11) is 0. The predicted octanol–water partition coefficient (Wildman–Crippen LogP) is -1.41. The van der Waals surface area contributed by atoms with Crippen LogP contribution in [0.3, 0.4) is 0 Å². The minimum atomic E-state index is -0.885. The van der Waals surface area contributed by atoms with Crippen LogP contribution in [0.25, 0.3) is 0 Å². The standard InChI is InChI=1S/C8H16O2.CH4.Na/c1-3-5-7(6-4-2)8(9)10;;/h7H,3-6H2,1-2H3,(H,9,10);1H4;/q;;+1/p-1. The zero-order chi connectivity index (χ0) is 7.98. The van der Waals surface area contributed by atoms with E-state index in [9.17, 15) is 9.90 Å². The average Bonchev–Trinajstić information content (AvgIpc) is 1.87. The molecule has 3 heteroatoms. The van der Waals surface area contributed by atoms with Gasteiger partial charge in [-0.3, -0.25) is 0 Å². The zero-order valence-electron chi connectivity index (χ0n) is 7.72. The number of carboxylic acids is 1. The van der Waals surface area contributed by atoms with Crippen LogP contribution in [0.4, 0.5) is 0 Å². The largest absolute Gasteiger partial charge is 1.00 e. The number of carboxylic acid groups (broad SMARTS) is 1. The molecule has 68 valence electrons. The number of carbonyl (C=O) groups is 1. The van der Waals surface area contributed by atoms with Gasteiger partial charge in [0.15, 0.2) is 0 Å². The van der Waals surface area contributed by atoms with Gasteiger partial charge in [-0.25, -0.2) is 0 Å². The fourth-order valence-electron chi connectivity index (χ4n) is 1.08. The average molecular weight is 182 g/mol. The zero-order valence-corrected chi connectivity index (χ0v) is 9.72. The Balaban J connectivity index is -0.000000405. The van der Waals surface area contributed by atoms with Crippen LogP contribution in [0.5, 0.6) is 0 Å². The molecule has 0 heterocycles. The first-order valence-corrected chi connectivity index (χ1v) is 3.93. The van der Waals surface area contributed by atoms with E-state index >= 15 is 0 Å². The molecule has 0 radical (unpaired) electrons. The molecule has 0 aromatic rings. The summed E-state index contributed by atoms with van der Waals surface area (Å²) in [5.41, 5.74) is 0. The molecular weight excluding hydrogens is 163 g/mol. The molecule has 0 amide bonds. The topological polar surface area (TPSA) is 40.1 Å². The maximum absolute atomic E-state index is 10.4. The van der Waals surface area contributed by atoms with Crippen molar-refractivity contribution >= 4 is 5.97 Å². The van der Waals surface area contributed by atoms with E-state index in [1.54, 1.807) is 0 Å². The summed E-state index contributed by atoms with van der Waals surface area (Å²) in [6.07, 6.45) is 3.38. The molecule has 0 unspecified atom stereocenters. The molecule has 0 saturated carbocycles. The van der Waals surface area contributed by atoms with Crippen LogP contribution >= 0.6 is 0 Å². The first-order valence-electron chi connectivity index (χ1n) is 3.93. The smallest absolute Gasteiger partial charge is 0.550 e. The second-order valence-corrected chi connectivity index (χ2v) is 2.59. The Hall–Kier alpha value is 0.470. The molecule has 12 heavy (non-hydrogen) atoms. The van der Waals surface area contributed by atoms with Gasteiger partial charge < -0.3 is 9.90 Å². The number of hydrogen-bond donors (Lipinski definition) is 0. The van der Waals surface area contributed by atoms with Crippen molar-refractivity contribution in [1.82, 2.24) is 0 Å². The van der Waals surface area contributed by atoms with E-state index in [0.717, 1.165) is 25.7 Å². The van der Waals surface area contributed by atoms with Crippen LogP contribution in [0.2, 0.25) is 0 Å². The first kappa shape index (κ1) is 18.3. The molecule has 0 spiro atoms. The van der Waals surface area contributed by atoms with Gasteiger partial charge in [0.1, 0.15) is 0 Å². The van der Waals surface area contributed by atoms with Crippen LogP contribution < -0.4 is 34.7 Å². The number of hydrogen-bond acceptors (Lipinski definition) is 2. The van der Waals surface area contributed by atoms with Crippen LogP contribution in [-0.4, -0.2) is 5.97 Å². The molecule has 0 bridgehead atoms. The second kappa shape index (κ2) is 11.5. The Morgan fingerprint density at radius 1 is 1.25 bits per heavy atom. The molecule has 0 saturated heterocycles. The van der Waals surface area contributed by atoms with Gasteiger partial charge in [-0.1, -0.05) is 34.1 Å². The molecule has 0 aliphatic heterocycles. The molecular formula is C9H19NaO2. The third-order valence-corrected chi connectivity index (χ3v) is 1.61. The van der Waals surface area contributed by atoms with Crippen molar-refractivity contribution in [2.75, 3.05) is 0 Å². The number of aliphatic carboxylic acids is 1. The molecule has 0 rings (SSSR count). The first-order chi connectivity index (χ1) is 4.72. The molecule has 0 atom stereocenters. The quantitative estimate of drug-likeness (QED) is 0.490. The molecule has 0 aromatic heterocycles. The van der Waals surface area contributed by atoms with Gasteiger partial charge in [0.05, 0.1) is 0 Å². The Morgan fingerprint density at radius 3 is 1.75 bits per heavy atom. The van der Waals surface area contributed by atoms with Crippen molar-refractivity contribution < 1.29 is 39.5 Å². The van der Waals surface area contributed by atoms with E-state index in [-0.39, 0.29) is 42.9 Å². The minimum absolute atomic E-state index is 0. The van der Waals surface area contributed by atoms with E-state index in [2.05, 4.69) is 0 Å². The SMILES string of the molecule is C.CCCC(CCC)C(=O)[O-].[Na+]. The van der Waals surface area contributed by atoms with Gasteiger partial charge in [-0.2, -0.15) is 0 Å². The summed E-state index contributed by atoms with van der Waals surface area (Å²) in [6.45, 7) is 3.98. The summed E-state index contributed by atoms with van der Waals surface area (Å²) in [5, 5.41) is 10.4.